The van der Waals surface area contributed by atoms with Gasteiger partial charge in [-0.2, -0.15) is 0 Å². The molecule has 0 amide bonds. The van der Waals surface area contributed by atoms with Crippen molar-refractivity contribution in [1.82, 2.24) is 5.32 Å². The lowest BCUT2D eigenvalue weighted by atomic mass is 10.8. The van der Waals surface area contributed by atoms with Crippen molar-refractivity contribution in [2.75, 3.05) is 31.7 Å². The van der Waals surface area contributed by atoms with Crippen molar-refractivity contribution in [3.8, 4) is 0 Å². The van der Waals surface area contributed by atoms with Crippen molar-refractivity contribution in [1.29, 1.82) is 0 Å². The molecular formula is C7H15NO2S2. The van der Waals surface area contributed by atoms with Gasteiger partial charge >= 0.3 is 5.97 Å². The minimum absolute atomic E-state index is 0.198. The van der Waals surface area contributed by atoms with Crippen LogP contribution >= 0.6 is 21.6 Å². The van der Waals surface area contributed by atoms with Crippen molar-refractivity contribution < 1.29 is 9.53 Å². The summed E-state index contributed by atoms with van der Waals surface area (Å²) in [5, 5.41) is 3.06. The van der Waals surface area contributed by atoms with Crippen LogP contribution in [0.3, 0.4) is 0 Å². The Bertz CT molecular complexity index is 122. The van der Waals surface area contributed by atoms with Crippen LogP contribution in [-0.2, 0) is 9.53 Å². The third kappa shape index (κ3) is 10.1. The third-order valence-corrected chi connectivity index (χ3v) is 3.36. The standard InChI is InChI=1S/C7H15NO2S2/c1-7(9)10-4-6-12-11-5-3-8-2/h8H,3-6H2,1-2H3. The molecule has 0 aromatic carbocycles. The zero-order chi connectivity index (χ0) is 9.23. The molecule has 3 nitrogen and oxygen atoms in total. The first kappa shape index (κ1) is 12.1. The Balaban J connectivity index is 2.86. The van der Waals surface area contributed by atoms with Gasteiger partial charge in [0.25, 0.3) is 0 Å². The second kappa shape index (κ2) is 9.22. The van der Waals surface area contributed by atoms with Crippen LogP contribution in [0.25, 0.3) is 0 Å². The predicted octanol–water partition coefficient (Wildman–Crippen LogP) is 1.15. The SMILES string of the molecule is CNCCSSCCOC(C)=O. The van der Waals surface area contributed by atoms with Gasteiger partial charge in [0.2, 0.25) is 0 Å². The molecule has 0 atom stereocenters. The Labute approximate surface area is 81.4 Å². The largest absolute Gasteiger partial charge is 0.465 e. The van der Waals surface area contributed by atoms with Crippen LogP contribution in [0.15, 0.2) is 0 Å². The Hall–Kier alpha value is 0.130. The third-order valence-electron chi connectivity index (χ3n) is 0.991. The van der Waals surface area contributed by atoms with E-state index in [4.69, 9.17) is 4.74 Å². The van der Waals surface area contributed by atoms with Crippen LogP contribution in [0.1, 0.15) is 6.92 Å². The summed E-state index contributed by atoms with van der Waals surface area (Å²) in [4.78, 5) is 10.3. The van der Waals surface area contributed by atoms with Crippen molar-refractivity contribution >= 4 is 27.6 Å². The van der Waals surface area contributed by atoms with Crippen molar-refractivity contribution in [3.63, 3.8) is 0 Å². The summed E-state index contributed by atoms with van der Waals surface area (Å²) < 4.78 is 4.76. The van der Waals surface area contributed by atoms with Gasteiger partial charge in [-0.05, 0) is 7.05 Å². The average molecular weight is 209 g/mol. The van der Waals surface area contributed by atoms with E-state index in [2.05, 4.69) is 5.32 Å². The first-order valence-corrected chi connectivity index (χ1v) is 6.28. The molecule has 0 bridgehead atoms. The minimum Gasteiger partial charge on any atom is -0.465 e. The predicted molar refractivity (Wildman–Crippen MR) is 55.5 cm³/mol. The number of hydrogen-bond donors (Lipinski definition) is 1. The Morgan fingerprint density at radius 1 is 1.42 bits per heavy atom. The molecule has 0 aliphatic rings. The Morgan fingerprint density at radius 3 is 2.67 bits per heavy atom. The van der Waals surface area contributed by atoms with Crippen molar-refractivity contribution in [2.24, 2.45) is 0 Å². The van der Waals surface area contributed by atoms with Crippen LogP contribution in [-0.4, -0.2) is 37.7 Å². The zero-order valence-electron chi connectivity index (χ0n) is 7.46. The number of carbonyl (C=O) groups is 1. The van der Waals surface area contributed by atoms with Gasteiger partial charge in [0.1, 0.15) is 6.61 Å². The summed E-state index contributed by atoms with van der Waals surface area (Å²) >= 11 is 0. The van der Waals surface area contributed by atoms with E-state index in [0.717, 1.165) is 18.1 Å². The van der Waals surface area contributed by atoms with Crippen molar-refractivity contribution in [2.45, 2.75) is 6.92 Å². The number of esters is 1. The maximum Gasteiger partial charge on any atom is 0.302 e. The second-order valence-electron chi connectivity index (χ2n) is 2.09. The summed E-state index contributed by atoms with van der Waals surface area (Å²) in [6, 6.07) is 0. The van der Waals surface area contributed by atoms with E-state index in [9.17, 15) is 4.79 Å². The van der Waals surface area contributed by atoms with Crippen LogP contribution in [0.2, 0.25) is 0 Å². The molecule has 0 saturated heterocycles. The molecule has 0 saturated carbocycles. The number of rotatable bonds is 7. The number of nitrogens with one attached hydrogen (secondary N) is 1. The number of carbonyl (C=O) groups excluding carboxylic acids is 1. The molecule has 0 radical (unpaired) electrons. The van der Waals surface area contributed by atoms with E-state index in [1.807, 2.05) is 7.05 Å². The van der Waals surface area contributed by atoms with Gasteiger partial charge in [0.15, 0.2) is 0 Å². The minimum atomic E-state index is -0.198. The van der Waals surface area contributed by atoms with E-state index >= 15 is 0 Å². The van der Waals surface area contributed by atoms with E-state index in [1.54, 1.807) is 21.6 Å². The molecule has 0 aromatic rings. The summed E-state index contributed by atoms with van der Waals surface area (Å²) in [5.74, 6) is 1.76. The molecule has 0 unspecified atom stereocenters. The van der Waals surface area contributed by atoms with Crippen molar-refractivity contribution in [3.05, 3.63) is 0 Å². The lowest BCUT2D eigenvalue weighted by molar-refractivity contribution is -0.140. The van der Waals surface area contributed by atoms with E-state index in [1.165, 1.54) is 6.92 Å². The van der Waals surface area contributed by atoms with E-state index < -0.39 is 0 Å². The molecule has 0 aliphatic carbocycles. The fraction of sp³-hybridized carbons (Fsp3) is 0.857. The summed E-state index contributed by atoms with van der Waals surface area (Å²) in [6.07, 6.45) is 0. The normalized spacial score (nSPS) is 9.83. The van der Waals surface area contributed by atoms with Gasteiger partial charge in [-0.15, -0.1) is 0 Å². The molecule has 0 aromatic heterocycles. The topological polar surface area (TPSA) is 38.3 Å². The smallest absolute Gasteiger partial charge is 0.302 e. The highest BCUT2D eigenvalue weighted by Gasteiger charge is 1.93. The highest BCUT2D eigenvalue weighted by molar-refractivity contribution is 8.76. The number of ether oxygens (including phenoxy) is 1. The second-order valence-corrected chi connectivity index (χ2v) is 4.79. The monoisotopic (exact) mass is 209 g/mol. The van der Waals surface area contributed by atoms with Gasteiger partial charge in [-0.1, -0.05) is 21.6 Å². The van der Waals surface area contributed by atoms with Gasteiger partial charge in [0, 0.05) is 25.0 Å². The van der Waals surface area contributed by atoms with Crippen LogP contribution in [0.4, 0.5) is 0 Å². The molecule has 0 spiro atoms. The Kier molecular flexibility index (Phi) is 9.32. The molecule has 12 heavy (non-hydrogen) atoms. The molecule has 72 valence electrons. The Morgan fingerprint density at radius 2 is 2.08 bits per heavy atom. The molecule has 0 heterocycles. The van der Waals surface area contributed by atoms with Crippen LogP contribution < -0.4 is 5.32 Å². The molecule has 0 aliphatic heterocycles. The highest BCUT2D eigenvalue weighted by atomic mass is 33.1. The van der Waals surface area contributed by atoms with Crippen LogP contribution in [0, 0.1) is 0 Å². The van der Waals surface area contributed by atoms with Gasteiger partial charge in [0.05, 0.1) is 0 Å². The maximum absolute atomic E-state index is 10.3. The van der Waals surface area contributed by atoms with E-state index in [-0.39, 0.29) is 5.97 Å². The molecule has 5 heteroatoms. The first-order valence-electron chi connectivity index (χ1n) is 3.79. The first-order chi connectivity index (χ1) is 5.77. The quantitative estimate of drug-likeness (QED) is 0.387. The highest BCUT2D eigenvalue weighted by Crippen LogP contribution is 2.19. The van der Waals surface area contributed by atoms with E-state index in [0.29, 0.717) is 6.61 Å². The molecule has 0 fully saturated rings. The van der Waals surface area contributed by atoms with Gasteiger partial charge in [-0.3, -0.25) is 4.79 Å². The summed E-state index contributed by atoms with van der Waals surface area (Å²) in [6.45, 7) is 2.97. The fourth-order valence-corrected chi connectivity index (χ4v) is 2.32. The summed E-state index contributed by atoms with van der Waals surface area (Å²) in [7, 11) is 5.46. The number of hydrogen-bond acceptors (Lipinski definition) is 5. The lowest BCUT2D eigenvalue weighted by Crippen LogP contribution is -2.09. The van der Waals surface area contributed by atoms with Crippen LogP contribution in [0.5, 0.6) is 0 Å². The molecule has 0 rings (SSSR count). The fourth-order valence-electron chi connectivity index (χ4n) is 0.481. The average Bonchev–Trinajstić information content (AvgIpc) is 2.02. The maximum atomic E-state index is 10.3. The lowest BCUT2D eigenvalue weighted by Gasteiger charge is -2.01. The molecular weight excluding hydrogens is 194 g/mol. The zero-order valence-corrected chi connectivity index (χ0v) is 9.09. The van der Waals surface area contributed by atoms with Gasteiger partial charge in [-0.25, -0.2) is 0 Å². The summed E-state index contributed by atoms with van der Waals surface area (Å²) in [5.41, 5.74) is 0. The molecule has 1 N–H and O–H groups in total. The van der Waals surface area contributed by atoms with Gasteiger partial charge < -0.3 is 10.1 Å².